The third-order valence-corrected chi connectivity index (χ3v) is 2.76. The van der Waals surface area contributed by atoms with Gasteiger partial charge in [0.05, 0.1) is 17.2 Å². The molecule has 1 amide bonds. The minimum absolute atomic E-state index is 0.00854. The quantitative estimate of drug-likeness (QED) is 0.563. The van der Waals surface area contributed by atoms with Crippen LogP contribution in [0.2, 0.25) is 0 Å². The molecule has 0 unspecified atom stereocenters. The van der Waals surface area contributed by atoms with Crippen molar-refractivity contribution in [1.29, 1.82) is 0 Å². The molecule has 2 rings (SSSR count). The fraction of sp³-hybridized carbons (Fsp3) is 0.364. The van der Waals surface area contributed by atoms with E-state index in [4.69, 9.17) is 0 Å². The molecular formula is C11H13N3O3. The van der Waals surface area contributed by atoms with E-state index in [1.165, 1.54) is 12.1 Å². The summed E-state index contributed by atoms with van der Waals surface area (Å²) in [4.78, 5) is 25.5. The number of nitrogens with zero attached hydrogens (tertiary/aromatic N) is 3. The molecule has 1 aromatic carbocycles. The lowest BCUT2D eigenvalue weighted by molar-refractivity contribution is -0.384. The van der Waals surface area contributed by atoms with Crippen molar-refractivity contribution < 1.29 is 9.72 Å². The summed E-state index contributed by atoms with van der Waals surface area (Å²) in [7, 11) is 1.88. The molecule has 0 aromatic heterocycles. The zero-order valence-corrected chi connectivity index (χ0v) is 9.50. The standard InChI is InChI=1S/C11H13N3O3/c1-12-5-6-13(11(15)8-12)9-3-2-4-10(7-9)14(16)17/h2-4,7H,5-6,8H2,1H3. The molecule has 0 spiro atoms. The minimum Gasteiger partial charge on any atom is -0.310 e. The number of benzene rings is 1. The van der Waals surface area contributed by atoms with E-state index < -0.39 is 4.92 Å². The van der Waals surface area contributed by atoms with Crippen LogP contribution in [-0.4, -0.2) is 42.4 Å². The van der Waals surface area contributed by atoms with Gasteiger partial charge in [0, 0.05) is 25.2 Å². The van der Waals surface area contributed by atoms with Crippen molar-refractivity contribution in [3.8, 4) is 0 Å². The monoisotopic (exact) mass is 235 g/mol. The highest BCUT2D eigenvalue weighted by Gasteiger charge is 2.23. The van der Waals surface area contributed by atoms with E-state index in [0.717, 1.165) is 6.54 Å². The number of hydrogen-bond donors (Lipinski definition) is 0. The van der Waals surface area contributed by atoms with E-state index in [2.05, 4.69) is 0 Å². The second-order valence-corrected chi connectivity index (χ2v) is 4.06. The average molecular weight is 235 g/mol. The predicted octanol–water partition coefficient (Wildman–Crippen LogP) is 0.873. The van der Waals surface area contributed by atoms with Gasteiger partial charge in [-0.25, -0.2) is 0 Å². The third kappa shape index (κ3) is 2.42. The van der Waals surface area contributed by atoms with E-state index in [1.54, 1.807) is 17.0 Å². The van der Waals surface area contributed by atoms with Crippen molar-refractivity contribution in [3.05, 3.63) is 34.4 Å². The molecule has 1 heterocycles. The molecule has 0 saturated carbocycles. The number of likely N-dealkylation sites (N-methyl/N-ethyl adjacent to an activating group) is 1. The summed E-state index contributed by atoms with van der Waals surface area (Å²) in [6.07, 6.45) is 0. The summed E-state index contributed by atoms with van der Waals surface area (Å²) >= 11 is 0. The molecule has 90 valence electrons. The van der Waals surface area contributed by atoms with Gasteiger partial charge in [-0.3, -0.25) is 19.8 Å². The Kier molecular flexibility index (Phi) is 3.06. The molecule has 1 saturated heterocycles. The predicted molar refractivity (Wildman–Crippen MR) is 62.9 cm³/mol. The molecular weight excluding hydrogens is 222 g/mol. The number of piperazine rings is 1. The maximum atomic E-state index is 11.8. The van der Waals surface area contributed by atoms with Crippen LogP contribution in [0.1, 0.15) is 0 Å². The zero-order valence-electron chi connectivity index (χ0n) is 9.50. The van der Waals surface area contributed by atoms with E-state index in [0.29, 0.717) is 18.8 Å². The Bertz CT molecular complexity index is 461. The zero-order chi connectivity index (χ0) is 12.4. The molecule has 0 aliphatic carbocycles. The Morgan fingerprint density at radius 2 is 2.12 bits per heavy atom. The van der Waals surface area contributed by atoms with Crippen molar-refractivity contribution in [2.75, 3.05) is 31.6 Å². The summed E-state index contributed by atoms with van der Waals surface area (Å²) in [6.45, 7) is 1.69. The Balaban J connectivity index is 2.25. The van der Waals surface area contributed by atoms with E-state index in [-0.39, 0.29) is 11.6 Å². The molecule has 6 heteroatoms. The summed E-state index contributed by atoms with van der Waals surface area (Å²) in [5.74, 6) is -0.0285. The maximum absolute atomic E-state index is 11.8. The molecule has 0 bridgehead atoms. The maximum Gasteiger partial charge on any atom is 0.271 e. The first-order valence-corrected chi connectivity index (χ1v) is 5.31. The van der Waals surface area contributed by atoms with E-state index in [9.17, 15) is 14.9 Å². The second-order valence-electron chi connectivity index (χ2n) is 4.06. The highest BCUT2D eigenvalue weighted by atomic mass is 16.6. The van der Waals surface area contributed by atoms with Crippen LogP contribution in [0, 0.1) is 10.1 Å². The Labute approximate surface area is 98.6 Å². The lowest BCUT2D eigenvalue weighted by atomic mass is 10.2. The summed E-state index contributed by atoms with van der Waals surface area (Å²) in [6, 6.07) is 6.17. The van der Waals surface area contributed by atoms with Crippen molar-refractivity contribution in [3.63, 3.8) is 0 Å². The number of nitro benzene ring substituents is 1. The molecule has 1 aromatic rings. The van der Waals surface area contributed by atoms with Gasteiger partial charge in [-0.15, -0.1) is 0 Å². The molecule has 1 fully saturated rings. The smallest absolute Gasteiger partial charge is 0.271 e. The Hall–Kier alpha value is -1.95. The van der Waals surface area contributed by atoms with Gasteiger partial charge in [-0.05, 0) is 13.1 Å². The van der Waals surface area contributed by atoms with Gasteiger partial charge in [-0.2, -0.15) is 0 Å². The van der Waals surface area contributed by atoms with Crippen LogP contribution in [0.15, 0.2) is 24.3 Å². The van der Waals surface area contributed by atoms with Gasteiger partial charge in [0.1, 0.15) is 0 Å². The van der Waals surface area contributed by atoms with Crippen molar-refractivity contribution in [1.82, 2.24) is 4.90 Å². The van der Waals surface area contributed by atoms with Gasteiger partial charge < -0.3 is 4.90 Å². The van der Waals surface area contributed by atoms with Crippen molar-refractivity contribution in [2.45, 2.75) is 0 Å². The van der Waals surface area contributed by atoms with Gasteiger partial charge in [0.15, 0.2) is 0 Å². The summed E-state index contributed by atoms with van der Waals surface area (Å²) in [5, 5.41) is 10.7. The molecule has 17 heavy (non-hydrogen) atoms. The number of hydrogen-bond acceptors (Lipinski definition) is 4. The van der Waals surface area contributed by atoms with Crippen molar-refractivity contribution in [2.24, 2.45) is 0 Å². The molecule has 0 atom stereocenters. The van der Waals surface area contributed by atoms with E-state index >= 15 is 0 Å². The topological polar surface area (TPSA) is 66.7 Å². The summed E-state index contributed by atoms with van der Waals surface area (Å²) in [5.41, 5.74) is 0.603. The van der Waals surface area contributed by atoms with Crippen LogP contribution in [0.5, 0.6) is 0 Å². The lowest BCUT2D eigenvalue weighted by Gasteiger charge is -2.31. The van der Waals surface area contributed by atoms with Crippen LogP contribution < -0.4 is 4.90 Å². The van der Waals surface area contributed by atoms with Crippen LogP contribution in [-0.2, 0) is 4.79 Å². The largest absolute Gasteiger partial charge is 0.310 e. The fourth-order valence-electron chi connectivity index (χ4n) is 1.84. The Morgan fingerprint density at radius 3 is 2.76 bits per heavy atom. The number of amides is 1. The van der Waals surface area contributed by atoms with Gasteiger partial charge in [-0.1, -0.05) is 6.07 Å². The van der Waals surface area contributed by atoms with Gasteiger partial charge in [0.2, 0.25) is 5.91 Å². The second kappa shape index (κ2) is 4.50. The average Bonchev–Trinajstić information content (AvgIpc) is 2.29. The first kappa shape index (κ1) is 11.5. The number of non-ortho nitro benzene ring substituents is 1. The van der Waals surface area contributed by atoms with Crippen LogP contribution in [0.25, 0.3) is 0 Å². The summed E-state index contributed by atoms with van der Waals surface area (Å²) < 4.78 is 0. The lowest BCUT2D eigenvalue weighted by Crippen LogP contribution is -2.48. The van der Waals surface area contributed by atoms with Crippen LogP contribution in [0.4, 0.5) is 11.4 Å². The van der Waals surface area contributed by atoms with Gasteiger partial charge in [0.25, 0.3) is 5.69 Å². The van der Waals surface area contributed by atoms with E-state index in [1.807, 2.05) is 11.9 Å². The third-order valence-electron chi connectivity index (χ3n) is 2.76. The highest BCUT2D eigenvalue weighted by molar-refractivity contribution is 5.95. The number of rotatable bonds is 2. The number of carbonyl (C=O) groups excluding carboxylic acids is 1. The molecule has 0 N–H and O–H groups in total. The SMILES string of the molecule is CN1CCN(c2cccc([N+](=O)[O-])c2)C(=O)C1. The molecule has 1 aliphatic rings. The molecule has 6 nitrogen and oxygen atoms in total. The first-order chi connectivity index (χ1) is 8.08. The first-order valence-electron chi connectivity index (χ1n) is 5.31. The minimum atomic E-state index is -0.454. The van der Waals surface area contributed by atoms with Gasteiger partial charge >= 0.3 is 0 Å². The molecule has 0 radical (unpaired) electrons. The fourth-order valence-corrected chi connectivity index (χ4v) is 1.84. The normalized spacial score (nSPS) is 17.2. The Morgan fingerprint density at radius 1 is 1.35 bits per heavy atom. The van der Waals surface area contributed by atoms with Crippen LogP contribution in [0.3, 0.4) is 0 Å². The number of carbonyl (C=O) groups is 1. The highest BCUT2D eigenvalue weighted by Crippen LogP contribution is 2.22. The number of nitro groups is 1. The molecule has 1 aliphatic heterocycles. The van der Waals surface area contributed by atoms with Crippen molar-refractivity contribution >= 4 is 17.3 Å². The van der Waals surface area contributed by atoms with Crippen LogP contribution >= 0.6 is 0 Å². The number of anilines is 1.